The van der Waals surface area contributed by atoms with Gasteiger partial charge in [0, 0.05) is 60.0 Å². The van der Waals surface area contributed by atoms with E-state index in [-0.39, 0.29) is 55.0 Å². The Morgan fingerprint density at radius 1 is 0.767 bits per heavy atom. The third-order valence-corrected chi connectivity index (χ3v) is 12.4. The third kappa shape index (κ3) is 9.36. The highest BCUT2D eigenvalue weighted by Gasteiger charge is 2.41. The number of H-pyrrole nitrogens is 2. The number of methoxy groups -OCH3 is 1. The maximum absolute atomic E-state index is 14.9. The Morgan fingerprint density at radius 2 is 1.22 bits per heavy atom. The number of likely N-dealkylation sites (tertiary alicyclic amines) is 2. The molecule has 6 rings (SSSR count). The first kappa shape index (κ1) is 44.6. The van der Waals surface area contributed by atoms with E-state index >= 15 is 0 Å². The Morgan fingerprint density at radius 3 is 1.65 bits per heavy atom. The van der Waals surface area contributed by atoms with Gasteiger partial charge in [-0.1, -0.05) is 13.8 Å². The monoisotopic (exact) mass is 834 g/mol. The minimum atomic E-state index is -0.806. The van der Waals surface area contributed by atoms with Gasteiger partial charge in [-0.05, 0) is 114 Å². The van der Waals surface area contributed by atoms with Crippen LogP contribution in [0.4, 0.5) is 8.78 Å². The van der Waals surface area contributed by atoms with Crippen molar-refractivity contribution in [3.8, 4) is 11.4 Å². The number of likely N-dealkylation sites (N-methyl/N-ethyl adjacent to an activating group) is 2. The van der Waals surface area contributed by atoms with Crippen molar-refractivity contribution in [1.82, 2.24) is 41.0 Å². The van der Waals surface area contributed by atoms with Crippen LogP contribution in [0.25, 0.3) is 33.2 Å². The molecule has 0 saturated carbocycles. The summed E-state index contributed by atoms with van der Waals surface area (Å²) >= 11 is 0. The summed E-state index contributed by atoms with van der Waals surface area (Å²) in [4.78, 5) is 64.6. The number of aromatic nitrogens is 2. The second-order valence-electron chi connectivity index (χ2n) is 16.4. The highest BCUT2D eigenvalue weighted by molar-refractivity contribution is 5.97. The van der Waals surface area contributed by atoms with Gasteiger partial charge in [-0.25, -0.2) is 8.78 Å². The van der Waals surface area contributed by atoms with Crippen LogP contribution in [0.1, 0.15) is 64.5 Å². The first-order valence-electron chi connectivity index (χ1n) is 21.0. The zero-order valence-corrected chi connectivity index (χ0v) is 35.6. The van der Waals surface area contributed by atoms with Gasteiger partial charge in [-0.2, -0.15) is 0 Å². The van der Waals surface area contributed by atoms with Crippen LogP contribution in [0.15, 0.2) is 36.4 Å². The van der Waals surface area contributed by atoms with Crippen LogP contribution in [-0.2, 0) is 36.8 Å². The van der Waals surface area contributed by atoms with E-state index in [4.69, 9.17) is 4.74 Å². The Bertz CT molecular complexity index is 2190. The van der Waals surface area contributed by atoms with Crippen molar-refractivity contribution in [3.05, 3.63) is 59.2 Å². The number of nitrogens with zero attached hydrogens (tertiary/aromatic N) is 2. The lowest BCUT2D eigenvalue weighted by Gasteiger charge is -2.30. The van der Waals surface area contributed by atoms with Gasteiger partial charge in [0.15, 0.2) is 0 Å². The van der Waals surface area contributed by atoms with Gasteiger partial charge in [0.25, 0.3) is 0 Å². The van der Waals surface area contributed by atoms with Crippen LogP contribution < -0.4 is 21.3 Å². The van der Waals surface area contributed by atoms with E-state index in [2.05, 4.69) is 31.2 Å². The third-order valence-electron chi connectivity index (χ3n) is 12.4. The van der Waals surface area contributed by atoms with Crippen LogP contribution in [-0.4, -0.2) is 132 Å². The maximum atomic E-state index is 14.9. The predicted octanol–water partition coefficient (Wildman–Crippen LogP) is 3.51. The zero-order valence-electron chi connectivity index (χ0n) is 35.6. The fraction of sp³-hybridized carbons (Fsp3) is 0.545. The second-order valence-corrected chi connectivity index (χ2v) is 16.4. The number of carbonyl (C=O) groups excluding carboxylic acids is 4. The van der Waals surface area contributed by atoms with Gasteiger partial charge in [-0.15, -0.1) is 0 Å². The molecule has 7 N–H and O–H groups in total. The zero-order chi connectivity index (χ0) is 43.4. The lowest BCUT2D eigenvalue weighted by molar-refractivity contribution is -0.138. The number of aliphatic hydroxyl groups is 1. The summed E-state index contributed by atoms with van der Waals surface area (Å²) in [7, 11) is 4.97. The molecule has 2 aliphatic heterocycles. The second kappa shape index (κ2) is 19.2. The Hall–Kier alpha value is -4.90. The number of carbonyl (C=O) groups is 4. The average molecular weight is 835 g/mol. The number of hydrogen-bond donors (Lipinski definition) is 7. The molecule has 2 aromatic heterocycles. The van der Waals surface area contributed by atoms with Crippen molar-refractivity contribution in [3.63, 3.8) is 0 Å². The van der Waals surface area contributed by atoms with E-state index in [0.717, 1.165) is 16.5 Å². The molecule has 326 valence electrons. The summed E-state index contributed by atoms with van der Waals surface area (Å²) in [6, 6.07) is 5.65. The number of hydrogen-bond acceptors (Lipinski definition) is 8. The van der Waals surface area contributed by atoms with Crippen LogP contribution >= 0.6 is 0 Å². The minimum absolute atomic E-state index is 0.0293. The van der Waals surface area contributed by atoms with E-state index in [1.807, 2.05) is 18.7 Å². The molecule has 8 atom stereocenters. The number of rotatable bonds is 17. The van der Waals surface area contributed by atoms with Crippen LogP contribution in [0, 0.1) is 17.6 Å². The molecule has 4 amide bonds. The number of nitrogens with one attached hydrogen (secondary N) is 6. The maximum Gasteiger partial charge on any atom is 0.245 e. The van der Waals surface area contributed by atoms with Gasteiger partial charge in [0.1, 0.15) is 23.7 Å². The predicted molar refractivity (Wildman–Crippen MR) is 226 cm³/mol. The molecule has 0 unspecified atom stereocenters. The molecule has 2 saturated heterocycles. The lowest BCUT2D eigenvalue weighted by Crippen LogP contribution is -2.53. The standard InChI is InChI=1S/C44H60F2N8O6/c1-8-35(51-41(56)23(3)47-5)43(58)53-20-25(22-60-7)14-28(53)18-33-31-12-10-26(45)15-37(31)49-39(33)40-34(32-13-11-27(46)16-38(32)50-40)19-29-17-30(55)21-54(29)44(59)36(9-2)52-42(57)24(4)48-6/h10-13,15-16,23-25,28-30,35-36,47-50,55H,8-9,14,17-22H2,1-7H3,(H,51,56)(H,52,57)/t23-,24-,25-,28-,29-,30-,35-,36-/m0/s1. The number of benzene rings is 2. The molecule has 4 aromatic rings. The average Bonchev–Trinajstić information content (AvgIpc) is 4.00. The molecular formula is C44H60F2N8O6. The highest BCUT2D eigenvalue weighted by Crippen LogP contribution is 2.40. The SMILES string of the molecule is CC[C@H](NC(=O)[C@H](C)NC)C(=O)N1C[C@@H](O)C[C@H]1Cc1c(-c2[nH]c3cc(F)ccc3c2C[C@@H]2C[C@H](COC)CN2C(=O)[C@H](CC)NC(=O)[C@H](C)NC)[nH]c2cc(F)ccc12. The smallest absolute Gasteiger partial charge is 0.245 e. The van der Waals surface area contributed by atoms with Crippen LogP contribution in [0.3, 0.4) is 0 Å². The van der Waals surface area contributed by atoms with Gasteiger partial charge >= 0.3 is 0 Å². The fourth-order valence-electron chi connectivity index (χ4n) is 8.90. The number of β-amino-alcohol motifs (C(OH)–C–C–N with tert-alkyl or cyclic N) is 1. The van der Waals surface area contributed by atoms with Crippen molar-refractivity contribution >= 4 is 45.4 Å². The van der Waals surface area contributed by atoms with Gasteiger partial charge in [-0.3, -0.25) is 19.2 Å². The lowest BCUT2D eigenvalue weighted by atomic mass is 9.94. The number of aromatic amines is 2. The van der Waals surface area contributed by atoms with Crippen LogP contribution in [0.2, 0.25) is 0 Å². The van der Waals surface area contributed by atoms with E-state index < -0.39 is 47.9 Å². The van der Waals surface area contributed by atoms with E-state index in [1.54, 1.807) is 52.1 Å². The normalized spacial score (nSPS) is 21.4. The summed E-state index contributed by atoms with van der Waals surface area (Å²) < 4.78 is 35.3. The summed E-state index contributed by atoms with van der Waals surface area (Å²) in [5.74, 6) is -1.95. The summed E-state index contributed by atoms with van der Waals surface area (Å²) in [5.41, 5.74) is 3.87. The quantitative estimate of drug-likeness (QED) is 0.0844. The molecule has 16 heteroatoms. The molecule has 0 aliphatic carbocycles. The van der Waals surface area contributed by atoms with Gasteiger partial charge in [0.05, 0.1) is 36.2 Å². The van der Waals surface area contributed by atoms with Crippen molar-refractivity contribution in [2.45, 2.75) is 109 Å². The summed E-state index contributed by atoms with van der Waals surface area (Å²) in [6.45, 7) is 8.06. The van der Waals surface area contributed by atoms with Crippen molar-refractivity contribution < 1.29 is 37.8 Å². The Kier molecular flexibility index (Phi) is 14.3. The van der Waals surface area contributed by atoms with Gasteiger partial charge in [0.2, 0.25) is 23.6 Å². The molecule has 0 bridgehead atoms. The van der Waals surface area contributed by atoms with E-state index in [0.29, 0.717) is 66.6 Å². The molecule has 4 heterocycles. The van der Waals surface area contributed by atoms with Gasteiger partial charge < -0.3 is 50.9 Å². The molecule has 60 heavy (non-hydrogen) atoms. The summed E-state index contributed by atoms with van der Waals surface area (Å²) in [5, 5.41) is 24.0. The molecule has 0 radical (unpaired) electrons. The van der Waals surface area contributed by atoms with Crippen molar-refractivity contribution in [2.75, 3.05) is 40.9 Å². The number of aliphatic hydroxyl groups excluding tert-OH is 1. The highest BCUT2D eigenvalue weighted by atomic mass is 19.1. The first-order chi connectivity index (χ1) is 28.7. The molecule has 2 aliphatic rings. The topological polar surface area (TPSA) is 184 Å². The summed E-state index contributed by atoms with van der Waals surface area (Å²) in [6.07, 6.45) is 1.48. The number of halogens is 2. The fourth-order valence-corrected chi connectivity index (χ4v) is 8.90. The van der Waals surface area contributed by atoms with Crippen molar-refractivity contribution in [1.29, 1.82) is 0 Å². The molecule has 14 nitrogen and oxygen atoms in total. The Balaban J connectivity index is 1.41. The Labute approximate surface area is 349 Å². The molecule has 0 spiro atoms. The number of amides is 4. The minimum Gasteiger partial charge on any atom is -0.391 e. The number of fused-ring (bicyclic) bond motifs is 2. The number of ether oxygens (including phenoxy) is 1. The molecule has 2 aromatic carbocycles. The van der Waals surface area contributed by atoms with E-state index in [9.17, 15) is 33.1 Å². The van der Waals surface area contributed by atoms with Crippen molar-refractivity contribution in [2.24, 2.45) is 5.92 Å². The van der Waals surface area contributed by atoms with Crippen LogP contribution in [0.5, 0.6) is 0 Å². The largest absolute Gasteiger partial charge is 0.391 e. The molecule has 2 fully saturated rings. The first-order valence-corrected chi connectivity index (χ1v) is 21.0. The molecular weight excluding hydrogens is 775 g/mol. The van der Waals surface area contributed by atoms with E-state index in [1.165, 1.54) is 24.3 Å².